The third-order valence-electron chi connectivity index (χ3n) is 5.20. The topological polar surface area (TPSA) is 89.6 Å². The van der Waals surface area contributed by atoms with Crippen LogP contribution in [-0.4, -0.2) is 58.8 Å². The third-order valence-corrected chi connectivity index (χ3v) is 5.20. The molecule has 148 valence electrons. The van der Waals surface area contributed by atoms with Crippen LogP contribution in [0.4, 0.5) is 5.95 Å². The molecule has 1 fully saturated rings. The number of anilines is 1. The molecule has 1 N–H and O–H groups in total. The number of imidazole rings is 1. The highest BCUT2D eigenvalue weighted by molar-refractivity contribution is 5.24. The van der Waals surface area contributed by atoms with Crippen LogP contribution in [0.15, 0.2) is 31.1 Å². The quantitative estimate of drug-likeness (QED) is 0.666. The molecule has 1 saturated heterocycles. The monoisotopic (exact) mass is 381 g/mol. The molecule has 9 heteroatoms. The molecule has 1 aliphatic rings. The lowest BCUT2D eigenvalue weighted by Crippen LogP contribution is -2.35. The maximum Gasteiger partial charge on any atom is 0.222 e. The summed E-state index contributed by atoms with van der Waals surface area (Å²) in [7, 11) is 2.06. The van der Waals surface area contributed by atoms with Gasteiger partial charge in [-0.25, -0.2) is 15.0 Å². The van der Waals surface area contributed by atoms with E-state index >= 15 is 0 Å². The number of nitrogens with zero attached hydrogens (tertiary/aromatic N) is 8. The number of hydrogen-bond acceptors (Lipinski definition) is 7. The van der Waals surface area contributed by atoms with E-state index in [4.69, 9.17) is 0 Å². The SMILES string of the molecule is CCNc1ncc(CN2CCC[C@@H](c3nnc(Cn4ccnc4)n3C)C2)cn1. The molecule has 0 amide bonds. The number of likely N-dealkylation sites (tertiary alicyclic amines) is 1. The van der Waals surface area contributed by atoms with Crippen molar-refractivity contribution < 1.29 is 0 Å². The van der Waals surface area contributed by atoms with Crippen molar-refractivity contribution in [2.75, 3.05) is 25.0 Å². The van der Waals surface area contributed by atoms with Crippen molar-refractivity contribution in [3.8, 4) is 0 Å². The first-order valence-corrected chi connectivity index (χ1v) is 9.84. The van der Waals surface area contributed by atoms with Gasteiger partial charge in [-0.3, -0.25) is 4.90 Å². The summed E-state index contributed by atoms with van der Waals surface area (Å²) in [4.78, 5) is 15.3. The molecule has 0 aromatic carbocycles. The molecule has 9 nitrogen and oxygen atoms in total. The Morgan fingerprint density at radius 2 is 2.04 bits per heavy atom. The normalized spacial score (nSPS) is 17.7. The van der Waals surface area contributed by atoms with Gasteiger partial charge in [0, 0.05) is 63.0 Å². The highest BCUT2D eigenvalue weighted by Crippen LogP contribution is 2.26. The Balaban J connectivity index is 1.40. The number of nitrogens with one attached hydrogen (secondary N) is 1. The van der Waals surface area contributed by atoms with Gasteiger partial charge in [0.1, 0.15) is 5.82 Å². The van der Waals surface area contributed by atoms with Crippen molar-refractivity contribution in [3.05, 3.63) is 48.3 Å². The van der Waals surface area contributed by atoms with Crippen LogP contribution in [0.3, 0.4) is 0 Å². The van der Waals surface area contributed by atoms with Crippen molar-refractivity contribution >= 4 is 5.95 Å². The summed E-state index contributed by atoms with van der Waals surface area (Å²) in [6.45, 7) is 6.49. The standard InChI is InChI=1S/C19H27N9/c1-3-21-19-22-9-15(10-23-19)11-27-7-4-5-16(12-27)18-25-24-17(26(18)2)13-28-8-6-20-14-28/h6,8-10,14,16H,3-5,7,11-13H2,1-2H3,(H,21,22,23)/t16-/m1/s1. The second-order valence-electron chi connectivity index (χ2n) is 7.29. The average molecular weight is 381 g/mol. The van der Waals surface area contributed by atoms with E-state index in [1.807, 2.05) is 30.1 Å². The third kappa shape index (κ3) is 4.19. The van der Waals surface area contributed by atoms with Gasteiger partial charge >= 0.3 is 0 Å². The molecule has 1 atom stereocenters. The number of rotatable bonds is 7. The molecule has 0 saturated carbocycles. The smallest absolute Gasteiger partial charge is 0.222 e. The Bertz CT molecular complexity index is 869. The summed E-state index contributed by atoms with van der Waals surface area (Å²) in [5, 5.41) is 12.1. The molecule has 0 unspecified atom stereocenters. The molecule has 3 aromatic heterocycles. The van der Waals surface area contributed by atoms with E-state index in [0.717, 1.165) is 56.2 Å². The summed E-state index contributed by atoms with van der Waals surface area (Å²) >= 11 is 0. The molecule has 0 radical (unpaired) electrons. The second-order valence-corrected chi connectivity index (χ2v) is 7.29. The predicted molar refractivity (Wildman–Crippen MR) is 106 cm³/mol. The summed E-state index contributed by atoms with van der Waals surface area (Å²) in [5.74, 6) is 3.10. The molecule has 4 rings (SSSR count). The summed E-state index contributed by atoms with van der Waals surface area (Å²) < 4.78 is 4.15. The minimum atomic E-state index is 0.393. The van der Waals surface area contributed by atoms with Crippen LogP contribution in [0.25, 0.3) is 0 Å². The number of aromatic nitrogens is 7. The number of hydrogen-bond donors (Lipinski definition) is 1. The van der Waals surface area contributed by atoms with Crippen LogP contribution >= 0.6 is 0 Å². The first-order chi connectivity index (χ1) is 13.7. The van der Waals surface area contributed by atoms with Gasteiger partial charge in [-0.05, 0) is 26.3 Å². The largest absolute Gasteiger partial charge is 0.355 e. The predicted octanol–water partition coefficient (Wildman–Crippen LogP) is 1.66. The lowest BCUT2D eigenvalue weighted by atomic mass is 9.97. The maximum absolute atomic E-state index is 4.51. The maximum atomic E-state index is 4.51. The van der Waals surface area contributed by atoms with Gasteiger partial charge in [-0.1, -0.05) is 0 Å². The van der Waals surface area contributed by atoms with Crippen molar-refractivity contribution in [3.63, 3.8) is 0 Å². The van der Waals surface area contributed by atoms with E-state index in [0.29, 0.717) is 18.4 Å². The van der Waals surface area contributed by atoms with E-state index in [-0.39, 0.29) is 0 Å². The Kier molecular flexibility index (Phi) is 5.61. The zero-order valence-corrected chi connectivity index (χ0v) is 16.5. The van der Waals surface area contributed by atoms with Crippen LogP contribution < -0.4 is 5.32 Å². The van der Waals surface area contributed by atoms with Gasteiger partial charge in [-0.2, -0.15) is 0 Å². The summed E-state index contributed by atoms with van der Waals surface area (Å²) in [6, 6.07) is 0. The Labute approximate surface area is 164 Å². The fourth-order valence-corrected chi connectivity index (χ4v) is 3.77. The van der Waals surface area contributed by atoms with Gasteiger partial charge < -0.3 is 14.5 Å². The summed E-state index contributed by atoms with van der Waals surface area (Å²) in [6.07, 6.45) is 11.7. The highest BCUT2D eigenvalue weighted by Gasteiger charge is 2.26. The van der Waals surface area contributed by atoms with Crippen LogP contribution in [0, 0.1) is 0 Å². The van der Waals surface area contributed by atoms with Crippen LogP contribution in [-0.2, 0) is 20.1 Å². The fourth-order valence-electron chi connectivity index (χ4n) is 3.77. The van der Waals surface area contributed by atoms with Crippen molar-refractivity contribution in [1.82, 2.24) is 39.2 Å². The second kappa shape index (κ2) is 8.47. The molecule has 0 spiro atoms. The molecule has 0 aliphatic carbocycles. The van der Waals surface area contributed by atoms with E-state index < -0.39 is 0 Å². The minimum absolute atomic E-state index is 0.393. The summed E-state index contributed by atoms with van der Waals surface area (Å²) in [5.41, 5.74) is 1.14. The lowest BCUT2D eigenvalue weighted by molar-refractivity contribution is 0.194. The van der Waals surface area contributed by atoms with E-state index in [1.165, 1.54) is 0 Å². The van der Waals surface area contributed by atoms with Gasteiger partial charge in [0.2, 0.25) is 5.95 Å². The molecule has 0 bridgehead atoms. The van der Waals surface area contributed by atoms with E-state index in [9.17, 15) is 0 Å². The first kappa shape index (κ1) is 18.5. The zero-order valence-electron chi connectivity index (χ0n) is 16.5. The molecular weight excluding hydrogens is 354 g/mol. The highest BCUT2D eigenvalue weighted by atomic mass is 15.3. The van der Waals surface area contributed by atoms with Gasteiger partial charge in [-0.15, -0.1) is 10.2 Å². The van der Waals surface area contributed by atoms with Crippen LogP contribution in [0.5, 0.6) is 0 Å². The van der Waals surface area contributed by atoms with E-state index in [1.54, 1.807) is 12.5 Å². The van der Waals surface area contributed by atoms with Crippen LogP contribution in [0.1, 0.15) is 42.9 Å². The van der Waals surface area contributed by atoms with Crippen molar-refractivity contribution in [2.24, 2.45) is 7.05 Å². The molecule has 4 heterocycles. The van der Waals surface area contributed by atoms with Crippen molar-refractivity contribution in [2.45, 2.75) is 38.8 Å². The zero-order chi connectivity index (χ0) is 19.3. The van der Waals surface area contributed by atoms with Crippen molar-refractivity contribution in [1.29, 1.82) is 0 Å². The van der Waals surface area contributed by atoms with Crippen LogP contribution in [0.2, 0.25) is 0 Å². The molecule has 1 aliphatic heterocycles. The number of piperidine rings is 1. The minimum Gasteiger partial charge on any atom is -0.355 e. The Morgan fingerprint density at radius 1 is 1.18 bits per heavy atom. The van der Waals surface area contributed by atoms with E-state index in [2.05, 4.69) is 47.0 Å². The Morgan fingerprint density at radius 3 is 2.79 bits per heavy atom. The molecule has 3 aromatic rings. The van der Waals surface area contributed by atoms with Gasteiger partial charge in [0.05, 0.1) is 12.9 Å². The molecular formula is C19H27N9. The first-order valence-electron chi connectivity index (χ1n) is 9.84. The Hall–Kier alpha value is -2.81. The van der Waals surface area contributed by atoms with Gasteiger partial charge in [0.15, 0.2) is 5.82 Å². The average Bonchev–Trinajstić information content (AvgIpc) is 3.35. The fraction of sp³-hybridized carbons (Fsp3) is 0.526. The van der Waals surface area contributed by atoms with Gasteiger partial charge in [0.25, 0.3) is 0 Å². The lowest BCUT2D eigenvalue weighted by Gasteiger charge is -2.32. The molecule has 28 heavy (non-hydrogen) atoms.